The maximum absolute atomic E-state index is 12.5. The number of esters is 1. The molecule has 130 valence electrons. The van der Waals surface area contributed by atoms with E-state index in [-0.39, 0.29) is 12.4 Å². The number of methoxy groups -OCH3 is 1. The van der Waals surface area contributed by atoms with Crippen LogP contribution in [0.2, 0.25) is 0 Å². The first-order valence-corrected chi connectivity index (χ1v) is 8.36. The highest BCUT2D eigenvalue weighted by Gasteiger charge is 2.27. The Labute approximate surface area is 140 Å². The number of likely N-dealkylation sites (tertiary alicyclic amines) is 1. The summed E-state index contributed by atoms with van der Waals surface area (Å²) in [6.07, 6.45) is 3.53. The van der Waals surface area contributed by atoms with E-state index in [0.717, 1.165) is 25.9 Å². The molecule has 0 bridgehead atoms. The monoisotopic (exact) mass is 333 g/mol. The highest BCUT2D eigenvalue weighted by Crippen LogP contribution is 2.40. The molecule has 1 aromatic carbocycles. The van der Waals surface area contributed by atoms with Crippen LogP contribution in [0.5, 0.6) is 11.5 Å². The Kier molecular flexibility index (Phi) is 4.94. The Morgan fingerprint density at radius 2 is 2.04 bits per heavy atom. The fraction of sp³-hybridized carbons (Fsp3) is 0.500. The molecule has 0 atom stereocenters. The number of hydrogen-bond acceptors (Lipinski definition) is 6. The van der Waals surface area contributed by atoms with Crippen LogP contribution in [0, 0.1) is 0 Å². The molecule has 6 heteroatoms. The molecule has 0 radical (unpaired) electrons. The number of aromatic hydroxyl groups is 1. The maximum atomic E-state index is 12.5. The molecule has 1 aliphatic heterocycles. The Morgan fingerprint density at radius 1 is 1.29 bits per heavy atom. The third-order valence-electron chi connectivity index (χ3n) is 4.38. The van der Waals surface area contributed by atoms with Gasteiger partial charge in [0.25, 0.3) is 0 Å². The summed E-state index contributed by atoms with van der Waals surface area (Å²) in [6, 6.07) is 3.33. The van der Waals surface area contributed by atoms with E-state index in [1.165, 1.54) is 13.5 Å². The van der Waals surface area contributed by atoms with Crippen molar-refractivity contribution in [3.8, 4) is 11.5 Å². The minimum Gasteiger partial charge on any atom is -0.504 e. The number of carbonyl (C=O) groups excluding carboxylic acids is 1. The Hall–Kier alpha value is -2.21. The molecule has 2 aromatic rings. The number of phenolic OH excluding ortho intramolecular Hbond substituents is 1. The molecule has 0 amide bonds. The van der Waals surface area contributed by atoms with E-state index in [4.69, 9.17) is 13.9 Å². The van der Waals surface area contributed by atoms with Gasteiger partial charge in [-0.1, -0.05) is 6.42 Å². The minimum absolute atomic E-state index is 0.0910. The Balaban J connectivity index is 2.07. The van der Waals surface area contributed by atoms with Crippen LogP contribution in [0.4, 0.5) is 0 Å². The summed E-state index contributed by atoms with van der Waals surface area (Å²) in [5.41, 5.74) is 0.761. The number of phenols is 1. The number of furan rings is 1. The summed E-state index contributed by atoms with van der Waals surface area (Å²) in [5.74, 6) is 0.269. The molecule has 3 rings (SSSR count). The van der Waals surface area contributed by atoms with Crippen molar-refractivity contribution in [3.63, 3.8) is 0 Å². The number of hydrogen-bond donors (Lipinski definition) is 1. The Bertz CT molecular complexity index is 731. The number of piperidine rings is 1. The van der Waals surface area contributed by atoms with Gasteiger partial charge in [0.1, 0.15) is 16.9 Å². The molecular formula is C18H23NO5. The van der Waals surface area contributed by atoms with Crippen molar-refractivity contribution >= 4 is 16.9 Å². The second kappa shape index (κ2) is 7.13. The van der Waals surface area contributed by atoms with Crippen LogP contribution in [-0.4, -0.2) is 42.8 Å². The number of rotatable bonds is 5. The van der Waals surface area contributed by atoms with Gasteiger partial charge < -0.3 is 19.0 Å². The third-order valence-corrected chi connectivity index (χ3v) is 4.38. The SMILES string of the molecule is CCOC(=O)c1c(CN2CCCCC2)oc2ccc(OC)c(O)c12. The number of ether oxygens (including phenoxy) is 2. The molecule has 1 aliphatic rings. The summed E-state index contributed by atoms with van der Waals surface area (Å²) in [5, 5.41) is 10.8. The van der Waals surface area contributed by atoms with Crippen molar-refractivity contribution in [2.24, 2.45) is 0 Å². The van der Waals surface area contributed by atoms with Crippen LogP contribution in [0.25, 0.3) is 11.0 Å². The third kappa shape index (κ3) is 3.06. The van der Waals surface area contributed by atoms with Crippen LogP contribution in [0.15, 0.2) is 16.5 Å². The summed E-state index contributed by atoms with van der Waals surface area (Å²) >= 11 is 0. The molecule has 0 aliphatic carbocycles. The van der Waals surface area contributed by atoms with Crippen molar-refractivity contribution < 1.29 is 23.8 Å². The van der Waals surface area contributed by atoms with Crippen molar-refractivity contribution in [3.05, 3.63) is 23.5 Å². The maximum Gasteiger partial charge on any atom is 0.342 e. The molecule has 24 heavy (non-hydrogen) atoms. The lowest BCUT2D eigenvalue weighted by atomic mass is 10.1. The van der Waals surface area contributed by atoms with Gasteiger partial charge in [-0.3, -0.25) is 4.90 Å². The summed E-state index contributed by atoms with van der Waals surface area (Å²) in [6.45, 7) is 4.51. The van der Waals surface area contributed by atoms with Crippen LogP contribution in [0.3, 0.4) is 0 Å². The van der Waals surface area contributed by atoms with Crippen LogP contribution >= 0.6 is 0 Å². The van der Waals surface area contributed by atoms with Gasteiger partial charge in [-0.05, 0) is 45.0 Å². The lowest BCUT2D eigenvalue weighted by Crippen LogP contribution is -2.29. The number of fused-ring (bicyclic) bond motifs is 1. The van der Waals surface area contributed by atoms with Crippen molar-refractivity contribution in [1.29, 1.82) is 0 Å². The van der Waals surface area contributed by atoms with Gasteiger partial charge in [-0.25, -0.2) is 4.79 Å². The highest BCUT2D eigenvalue weighted by molar-refractivity contribution is 6.07. The van der Waals surface area contributed by atoms with Gasteiger partial charge in [0, 0.05) is 0 Å². The molecule has 1 fully saturated rings. The van der Waals surface area contributed by atoms with Gasteiger partial charge in [-0.2, -0.15) is 0 Å². The summed E-state index contributed by atoms with van der Waals surface area (Å²) in [4.78, 5) is 14.7. The molecule has 2 heterocycles. The zero-order valence-electron chi connectivity index (χ0n) is 14.1. The summed E-state index contributed by atoms with van der Waals surface area (Å²) < 4.78 is 16.2. The van der Waals surface area contributed by atoms with Gasteiger partial charge in [0.05, 0.1) is 25.6 Å². The zero-order valence-corrected chi connectivity index (χ0v) is 14.1. The zero-order chi connectivity index (χ0) is 17.1. The van der Waals surface area contributed by atoms with E-state index in [0.29, 0.717) is 34.6 Å². The molecular weight excluding hydrogens is 310 g/mol. The lowest BCUT2D eigenvalue weighted by molar-refractivity contribution is 0.0523. The van der Waals surface area contributed by atoms with E-state index in [2.05, 4.69) is 4.90 Å². The molecule has 1 saturated heterocycles. The quantitative estimate of drug-likeness (QED) is 0.847. The molecule has 1 N–H and O–H groups in total. The largest absolute Gasteiger partial charge is 0.504 e. The predicted molar refractivity (Wildman–Crippen MR) is 89.5 cm³/mol. The van der Waals surface area contributed by atoms with Crippen molar-refractivity contribution in [2.45, 2.75) is 32.7 Å². The molecule has 0 spiro atoms. The second-order valence-electron chi connectivity index (χ2n) is 5.95. The van der Waals surface area contributed by atoms with Crippen molar-refractivity contribution in [1.82, 2.24) is 4.90 Å². The van der Waals surface area contributed by atoms with E-state index in [1.54, 1.807) is 19.1 Å². The fourth-order valence-electron chi connectivity index (χ4n) is 3.22. The standard InChI is InChI=1S/C18H23NO5/c1-3-23-18(21)16-14(11-19-9-5-4-6-10-19)24-12-7-8-13(22-2)17(20)15(12)16/h7-8,20H,3-6,9-11H2,1-2H3. The van der Waals surface area contributed by atoms with Gasteiger partial charge in [-0.15, -0.1) is 0 Å². The highest BCUT2D eigenvalue weighted by atomic mass is 16.5. The molecule has 6 nitrogen and oxygen atoms in total. The van der Waals surface area contributed by atoms with Crippen LogP contribution in [0.1, 0.15) is 42.3 Å². The molecule has 1 aromatic heterocycles. The molecule has 0 unspecified atom stereocenters. The van der Waals surface area contributed by atoms with E-state index < -0.39 is 5.97 Å². The average molecular weight is 333 g/mol. The first kappa shape index (κ1) is 16.6. The Morgan fingerprint density at radius 3 is 2.71 bits per heavy atom. The first-order chi connectivity index (χ1) is 11.7. The van der Waals surface area contributed by atoms with Crippen LogP contribution in [-0.2, 0) is 11.3 Å². The normalized spacial score (nSPS) is 15.6. The topological polar surface area (TPSA) is 72.1 Å². The minimum atomic E-state index is -0.480. The second-order valence-corrected chi connectivity index (χ2v) is 5.95. The first-order valence-electron chi connectivity index (χ1n) is 8.36. The number of nitrogens with zero attached hydrogens (tertiary/aromatic N) is 1. The summed E-state index contributed by atoms with van der Waals surface area (Å²) in [7, 11) is 1.47. The van der Waals surface area contributed by atoms with Crippen LogP contribution < -0.4 is 4.74 Å². The fourth-order valence-corrected chi connectivity index (χ4v) is 3.22. The number of benzene rings is 1. The van der Waals surface area contributed by atoms with Gasteiger partial charge in [0.15, 0.2) is 11.5 Å². The van der Waals surface area contributed by atoms with E-state index in [9.17, 15) is 9.90 Å². The lowest BCUT2D eigenvalue weighted by Gasteiger charge is -2.25. The predicted octanol–water partition coefficient (Wildman–Crippen LogP) is 3.31. The van der Waals surface area contributed by atoms with E-state index in [1.807, 2.05) is 0 Å². The van der Waals surface area contributed by atoms with E-state index >= 15 is 0 Å². The molecule has 0 saturated carbocycles. The van der Waals surface area contributed by atoms with Gasteiger partial charge >= 0.3 is 5.97 Å². The average Bonchev–Trinajstić information content (AvgIpc) is 2.95. The smallest absolute Gasteiger partial charge is 0.342 e. The van der Waals surface area contributed by atoms with Gasteiger partial charge in [0.2, 0.25) is 0 Å². The van der Waals surface area contributed by atoms with Crippen molar-refractivity contribution in [2.75, 3.05) is 26.8 Å². The number of carbonyl (C=O) groups is 1.